The van der Waals surface area contributed by atoms with Crippen molar-refractivity contribution < 1.29 is 9.47 Å². The first-order chi connectivity index (χ1) is 13.2. The number of nitrogens with one attached hydrogen (secondary N) is 1. The Morgan fingerprint density at radius 2 is 1.57 bits per heavy atom. The Labute approximate surface area is 176 Å². The lowest BCUT2D eigenvalue weighted by Crippen LogP contribution is -2.37. The van der Waals surface area contributed by atoms with E-state index >= 15 is 0 Å². The van der Waals surface area contributed by atoms with E-state index in [2.05, 4.69) is 48.6 Å². The molecule has 2 aromatic carbocycles. The molecule has 4 heteroatoms. The van der Waals surface area contributed by atoms with Gasteiger partial charge in [0.05, 0.1) is 13.2 Å². The fourth-order valence-electron chi connectivity index (χ4n) is 4.16. The minimum atomic E-state index is 0. The average molecular weight is 404 g/mol. The van der Waals surface area contributed by atoms with Crippen LogP contribution in [0.4, 0.5) is 0 Å². The number of methoxy groups -OCH3 is 2. The van der Waals surface area contributed by atoms with E-state index in [9.17, 15) is 0 Å². The highest BCUT2D eigenvalue weighted by atomic mass is 35.5. The van der Waals surface area contributed by atoms with Gasteiger partial charge in [-0.3, -0.25) is 0 Å². The lowest BCUT2D eigenvalue weighted by Gasteiger charge is -2.19. The second-order valence-electron chi connectivity index (χ2n) is 7.66. The second kappa shape index (κ2) is 11.5. The molecule has 1 fully saturated rings. The van der Waals surface area contributed by atoms with Crippen LogP contribution in [0, 0.1) is 5.92 Å². The van der Waals surface area contributed by atoms with Crippen LogP contribution in [0.3, 0.4) is 0 Å². The van der Waals surface area contributed by atoms with E-state index < -0.39 is 0 Å². The third kappa shape index (κ3) is 5.97. The van der Waals surface area contributed by atoms with Crippen LogP contribution < -0.4 is 10.1 Å². The summed E-state index contributed by atoms with van der Waals surface area (Å²) in [7, 11) is 3.55. The molecule has 0 amide bonds. The van der Waals surface area contributed by atoms with Crippen LogP contribution in [-0.2, 0) is 11.2 Å². The average Bonchev–Trinajstić information content (AvgIpc) is 3.10. The summed E-state index contributed by atoms with van der Waals surface area (Å²) in [6.45, 7) is 3.34. The van der Waals surface area contributed by atoms with Crippen molar-refractivity contribution >= 4 is 12.4 Å². The maximum absolute atomic E-state index is 5.75. The highest BCUT2D eigenvalue weighted by molar-refractivity contribution is 5.85. The summed E-state index contributed by atoms with van der Waals surface area (Å²) in [6.07, 6.45) is 6.33. The number of ether oxygens (including phenoxy) is 2. The maximum Gasteiger partial charge on any atom is 0.118 e. The molecule has 0 spiro atoms. The van der Waals surface area contributed by atoms with Gasteiger partial charge in [-0.05, 0) is 67.0 Å². The SMILES string of the molecule is CCCCN[C@H]1C[C@@H](Cc2ccc(-c3ccc(OC)cc3)cc2)C[C@H]1OC.Cl. The number of unbranched alkanes of at least 4 members (excludes halogenated alkanes) is 1. The van der Waals surface area contributed by atoms with Crippen LogP contribution >= 0.6 is 12.4 Å². The molecule has 0 radical (unpaired) electrons. The molecule has 28 heavy (non-hydrogen) atoms. The number of rotatable bonds is 9. The quantitative estimate of drug-likeness (QED) is 0.560. The van der Waals surface area contributed by atoms with E-state index in [-0.39, 0.29) is 12.4 Å². The Bertz CT molecular complexity index is 687. The molecular weight excluding hydrogens is 370 g/mol. The van der Waals surface area contributed by atoms with E-state index in [4.69, 9.17) is 9.47 Å². The smallest absolute Gasteiger partial charge is 0.118 e. The standard InChI is InChI=1S/C24H33NO2.ClH/c1-4-5-14-25-23-16-19(17-24(23)27-3)15-18-6-8-20(9-7-18)21-10-12-22(26-2)13-11-21;/h6-13,19,23-25H,4-5,14-17H2,1-3H3;1H/t19-,23+,24-;/m1./s1. The second-order valence-corrected chi connectivity index (χ2v) is 7.66. The van der Waals surface area contributed by atoms with E-state index in [1.807, 2.05) is 19.2 Å². The molecule has 154 valence electrons. The molecule has 3 rings (SSSR count). The number of hydrogen-bond acceptors (Lipinski definition) is 3. The lowest BCUT2D eigenvalue weighted by molar-refractivity contribution is 0.0831. The van der Waals surface area contributed by atoms with Gasteiger partial charge >= 0.3 is 0 Å². The first kappa shape index (κ1) is 22.7. The van der Waals surface area contributed by atoms with Gasteiger partial charge in [0.25, 0.3) is 0 Å². The minimum absolute atomic E-state index is 0. The third-order valence-electron chi connectivity index (χ3n) is 5.74. The van der Waals surface area contributed by atoms with E-state index in [1.165, 1.54) is 36.0 Å². The number of hydrogen-bond donors (Lipinski definition) is 1. The van der Waals surface area contributed by atoms with Crippen LogP contribution in [-0.4, -0.2) is 32.9 Å². The summed E-state index contributed by atoms with van der Waals surface area (Å²) >= 11 is 0. The van der Waals surface area contributed by atoms with Gasteiger partial charge in [0.2, 0.25) is 0 Å². The van der Waals surface area contributed by atoms with E-state index in [1.54, 1.807) is 7.11 Å². The molecule has 1 saturated carbocycles. The van der Waals surface area contributed by atoms with Crippen LogP contribution in [0.5, 0.6) is 5.75 Å². The molecule has 3 nitrogen and oxygen atoms in total. The van der Waals surface area contributed by atoms with E-state index in [0.717, 1.165) is 25.1 Å². The molecule has 3 atom stereocenters. The Morgan fingerprint density at radius 3 is 2.14 bits per heavy atom. The Morgan fingerprint density at radius 1 is 0.929 bits per heavy atom. The summed E-state index contributed by atoms with van der Waals surface area (Å²) in [5.41, 5.74) is 3.89. The van der Waals surface area contributed by atoms with Gasteiger partial charge in [0.15, 0.2) is 0 Å². The monoisotopic (exact) mass is 403 g/mol. The predicted octanol–water partition coefficient (Wildman–Crippen LogP) is 5.51. The van der Waals surface area contributed by atoms with Crippen LogP contribution in [0.15, 0.2) is 48.5 Å². The number of benzene rings is 2. The van der Waals surface area contributed by atoms with Gasteiger partial charge in [0, 0.05) is 13.2 Å². The van der Waals surface area contributed by atoms with Gasteiger partial charge in [-0.2, -0.15) is 0 Å². The van der Waals surface area contributed by atoms with Crippen LogP contribution in [0.2, 0.25) is 0 Å². The van der Waals surface area contributed by atoms with Gasteiger partial charge in [0.1, 0.15) is 5.75 Å². The van der Waals surface area contributed by atoms with Crippen LogP contribution in [0.25, 0.3) is 11.1 Å². The van der Waals surface area contributed by atoms with Crippen molar-refractivity contribution in [1.29, 1.82) is 0 Å². The van der Waals surface area contributed by atoms with Crippen molar-refractivity contribution in [3.8, 4) is 16.9 Å². The summed E-state index contributed by atoms with van der Waals surface area (Å²) in [4.78, 5) is 0. The third-order valence-corrected chi connectivity index (χ3v) is 5.74. The maximum atomic E-state index is 5.75. The molecule has 1 aliphatic rings. The Kier molecular flexibility index (Phi) is 9.30. The molecule has 1 aliphatic carbocycles. The zero-order chi connectivity index (χ0) is 19.1. The first-order valence-electron chi connectivity index (χ1n) is 10.2. The van der Waals surface area contributed by atoms with Crippen molar-refractivity contribution in [2.24, 2.45) is 5.92 Å². The lowest BCUT2D eigenvalue weighted by atomic mass is 9.96. The molecule has 0 aliphatic heterocycles. The van der Waals surface area contributed by atoms with Crippen molar-refractivity contribution in [2.45, 2.75) is 51.2 Å². The zero-order valence-electron chi connectivity index (χ0n) is 17.3. The van der Waals surface area contributed by atoms with Crippen molar-refractivity contribution in [2.75, 3.05) is 20.8 Å². The van der Waals surface area contributed by atoms with E-state index in [0.29, 0.717) is 18.1 Å². The molecular formula is C24H34ClNO2. The topological polar surface area (TPSA) is 30.5 Å². The van der Waals surface area contributed by atoms with Gasteiger partial charge in [-0.25, -0.2) is 0 Å². The molecule has 0 heterocycles. The summed E-state index contributed by atoms with van der Waals surface area (Å²) in [6, 6.07) is 17.8. The molecule has 1 N–H and O–H groups in total. The highest BCUT2D eigenvalue weighted by Crippen LogP contribution is 2.31. The first-order valence-corrected chi connectivity index (χ1v) is 10.2. The molecule has 0 unspecified atom stereocenters. The molecule has 0 saturated heterocycles. The van der Waals surface area contributed by atoms with Crippen molar-refractivity contribution in [1.82, 2.24) is 5.32 Å². The van der Waals surface area contributed by atoms with Gasteiger partial charge < -0.3 is 14.8 Å². The zero-order valence-corrected chi connectivity index (χ0v) is 18.1. The summed E-state index contributed by atoms with van der Waals surface area (Å²) in [5.74, 6) is 1.59. The van der Waals surface area contributed by atoms with Gasteiger partial charge in [-0.1, -0.05) is 49.7 Å². The molecule has 0 aromatic heterocycles. The van der Waals surface area contributed by atoms with Crippen LogP contribution in [0.1, 0.15) is 38.2 Å². The molecule has 2 aromatic rings. The summed E-state index contributed by atoms with van der Waals surface area (Å²) in [5, 5.41) is 3.70. The normalized spacial score (nSPS) is 21.3. The summed E-state index contributed by atoms with van der Waals surface area (Å²) < 4.78 is 11.0. The predicted molar refractivity (Wildman–Crippen MR) is 120 cm³/mol. The Balaban J connectivity index is 0.00000280. The Hall–Kier alpha value is -1.55. The highest BCUT2D eigenvalue weighted by Gasteiger charge is 2.33. The molecule has 0 bridgehead atoms. The number of halogens is 1. The van der Waals surface area contributed by atoms with Crippen molar-refractivity contribution in [3.05, 3.63) is 54.1 Å². The van der Waals surface area contributed by atoms with Crippen molar-refractivity contribution in [3.63, 3.8) is 0 Å². The van der Waals surface area contributed by atoms with Gasteiger partial charge in [-0.15, -0.1) is 12.4 Å². The minimum Gasteiger partial charge on any atom is -0.497 e. The fourth-order valence-corrected chi connectivity index (χ4v) is 4.16. The fraction of sp³-hybridized carbons (Fsp3) is 0.500. The largest absolute Gasteiger partial charge is 0.497 e.